The number of nitrogens with zero attached hydrogens (tertiary/aromatic N) is 2. The number of benzene rings is 2. The second kappa shape index (κ2) is 5.10. The van der Waals surface area contributed by atoms with Crippen molar-refractivity contribution < 1.29 is 4.79 Å². The van der Waals surface area contributed by atoms with Crippen molar-refractivity contribution in [3.63, 3.8) is 0 Å². The number of para-hydroxylation sites is 1. The van der Waals surface area contributed by atoms with Gasteiger partial charge in [0.05, 0.1) is 22.3 Å². The van der Waals surface area contributed by atoms with Crippen LogP contribution >= 0.6 is 0 Å². The molecule has 0 aliphatic rings. The average Bonchev–Trinajstić information content (AvgIpc) is 2.86. The number of amides is 1. The van der Waals surface area contributed by atoms with Crippen molar-refractivity contribution in [2.24, 2.45) is 0 Å². The summed E-state index contributed by atoms with van der Waals surface area (Å²) in [5.41, 5.74) is 3.09. The minimum absolute atomic E-state index is 0.258. The first-order valence-electron chi connectivity index (χ1n) is 6.44. The highest BCUT2D eigenvalue weighted by Gasteiger charge is 2.10. The van der Waals surface area contributed by atoms with Gasteiger partial charge in [0.1, 0.15) is 11.9 Å². The van der Waals surface area contributed by atoms with E-state index in [-0.39, 0.29) is 5.91 Å². The van der Waals surface area contributed by atoms with Gasteiger partial charge in [0, 0.05) is 5.56 Å². The number of carbonyl (C=O) groups excluding carboxylic acids is 1. The third kappa shape index (κ3) is 2.47. The molecule has 0 bridgehead atoms. The molecule has 0 aliphatic heterocycles. The molecule has 102 valence electrons. The van der Waals surface area contributed by atoms with Gasteiger partial charge in [0.2, 0.25) is 0 Å². The highest BCUT2D eigenvalue weighted by Crippen LogP contribution is 2.17. The molecule has 2 aromatic carbocycles. The summed E-state index contributed by atoms with van der Waals surface area (Å²) < 4.78 is 0. The van der Waals surface area contributed by atoms with E-state index in [0.717, 1.165) is 16.9 Å². The Bertz CT molecular complexity index is 873. The number of nitriles is 1. The molecule has 0 saturated heterocycles. The first-order valence-corrected chi connectivity index (χ1v) is 6.44. The van der Waals surface area contributed by atoms with Crippen LogP contribution in [0.3, 0.4) is 0 Å². The van der Waals surface area contributed by atoms with Crippen LogP contribution in [0.1, 0.15) is 21.7 Å². The Morgan fingerprint density at radius 3 is 2.90 bits per heavy atom. The van der Waals surface area contributed by atoms with Crippen molar-refractivity contribution in [2.45, 2.75) is 6.92 Å². The van der Waals surface area contributed by atoms with E-state index in [2.05, 4.69) is 21.4 Å². The maximum Gasteiger partial charge on any atom is 0.255 e. The lowest BCUT2D eigenvalue weighted by atomic mass is 10.1. The van der Waals surface area contributed by atoms with Crippen LogP contribution in [0.5, 0.6) is 0 Å². The molecule has 5 nitrogen and oxygen atoms in total. The summed E-state index contributed by atoms with van der Waals surface area (Å²) in [7, 11) is 0. The summed E-state index contributed by atoms with van der Waals surface area (Å²) in [6.07, 6.45) is 0. The summed E-state index contributed by atoms with van der Waals surface area (Å²) in [5.74, 6) is 0.546. The smallest absolute Gasteiger partial charge is 0.255 e. The molecule has 0 spiro atoms. The zero-order valence-electron chi connectivity index (χ0n) is 11.3. The Balaban J connectivity index is 1.91. The zero-order valence-corrected chi connectivity index (χ0v) is 11.3. The summed E-state index contributed by atoms with van der Waals surface area (Å²) in [5, 5.41) is 11.8. The van der Waals surface area contributed by atoms with E-state index in [0.29, 0.717) is 16.8 Å². The van der Waals surface area contributed by atoms with Gasteiger partial charge in [-0.2, -0.15) is 5.26 Å². The molecule has 5 heteroatoms. The SMILES string of the molecule is Cc1nc2ccc(C(=O)Nc3ccccc3C#N)cc2[nH]1. The Hall–Kier alpha value is -3.13. The van der Waals surface area contributed by atoms with Crippen molar-refractivity contribution in [2.75, 3.05) is 5.32 Å². The van der Waals surface area contributed by atoms with Crippen LogP contribution in [0.25, 0.3) is 11.0 Å². The Morgan fingerprint density at radius 2 is 2.10 bits per heavy atom. The number of imidazole rings is 1. The molecule has 2 N–H and O–H groups in total. The highest BCUT2D eigenvalue weighted by atomic mass is 16.1. The van der Waals surface area contributed by atoms with E-state index in [1.54, 1.807) is 42.5 Å². The van der Waals surface area contributed by atoms with Crippen LogP contribution in [0.4, 0.5) is 5.69 Å². The van der Waals surface area contributed by atoms with Gasteiger partial charge in [-0.25, -0.2) is 4.98 Å². The van der Waals surface area contributed by atoms with Crippen molar-refractivity contribution in [1.82, 2.24) is 9.97 Å². The predicted molar refractivity (Wildman–Crippen MR) is 79.9 cm³/mol. The fourth-order valence-corrected chi connectivity index (χ4v) is 2.16. The number of aryl methyl sites for hydroxylation is 1. The Kier molecular flexibility index (Phi) is 3.13. The van der Waals surface area contributed by atoms with Crippen molar-refractivity contribution in [1.29, 1.82) is 5.26 Å². The van der Waals surface area contributed by atoms with Gasteiger partial charge in [-0.15, -0.1) is 0 Å². The molecule has 3 rings (SSSR count). The quantitative estimate of drug-likeness (QED) is 0.754. The van der Waals surface area contributed by atoms with Crippen molar-refractivity contribution in [3.05, 3.63) is 59.4 Å². The molecular formula is C16H12N4O. The lowest BCUT2D eigenvalue weighted by Gasteiger charge is -2.06. The molecule has 0 atom stereocenters. The minimum Gasteiger partial charge on any atom is -0.342 e. The molecule has 1 heterocycles. The van der Waals surface area contributed by atoms with Crippen LogP contribution in [0, 0.1) is 18.3 Å². The summed E-state index contributed by atoms with van der Waals surface area (Å²) >= 11 is 0. The number of aromatic nitrogens is 2. The molecule has 21 heavy (non-hydrogen) atoms. The van der Waals surface area contributed by atoms with Gasteiger partial charge in [-0.05, 0) is 37.3 Å². The monoisotopic (exact) mass is 276 g/mol. The first kappa shape index (κ1) is 12.9. The molecule has 0 fully saturated rings. The number of carbonyl (C=O) groups is 1. The molecule has 0 aliphatic carbocycles. The number of hydrogen-bond acceptors (Lipinski definition) is 3. The topological polar surface area (TPSA) is 81.6 Å². The second-order valence-electron chi connectivity index (χ2n) is 4.67. The lowest BCUT2D eigenvalue weighted by Crippen LogP contribution is -2.12. The van der Waals surface area contributed by atoms with Gasteiger partial charge in [0.15, 0.2) is 0 Å². The third-order valence-electron chi connectivity index (χ3n) is 3.16. The average molecular weight is 276 g/mol. The van der Waals surface area contributed by atoms with Crippen LogP contribution < -0.4 is 5.32 Å². The number of rotatable bonds is 2. The predicted octanol–water partition coefficient (Wildman–Crippen LogP) is 3.00. The number of hydrogen-bond donors (Lipinski definition) is 2. The lowest BCUT2D eigenvalue weighted by molar-refractivity contribution is 0.102. The molecule has 0 radical (unpaired) electrons. The molecular weight excluding hydrogens is 264 g/mol. The van der Waals surface area contributed by atoms with Crippen LogP contribution in [-0.4, -0.2) is 15.9 Å². The highest BCUT2D eigenvalue weighted by molar-refractivity contribution is 6.06. The van der Waals surface area contributed by atoms with Crippen molar-refractivity contribution >= 4 is 22.6 Å². The minimum atomic E-state index is -0.258. The fourth-order valence-electron chi connectivity index (χ4n) is 2.16. The standard InChI is InChI=1S/C16H12N4O/c1-10-18-14-7-6-11(8-15(14)19-10)16(21)20-13-5-3-2-4-12(13)9-17/h2-8H,1H3,(H,18,19)(H,20,21). The van der Waals surface area contributed by atoms with Crippen LogP contribution in [-0.2, 0) is 0 Å². The summed E-state index contributed by atoms with van der Waals surface area (Å²) in [6, 6.07) is 14.2. The number of H-pyrrole nitrogens is 1. The summed E-state index contributed by atoms with van der Waals surface area (Å²) in [6.45, 7) is 1.86. The molecule has 1 aromatic heterocycles. The van der Waals surface area contributed by atoms with E-state index in [1.807, 2.05) is 6.92 Å². The molecule has 0 unspecified atom stereocenters. The zero-order chi connectivity index (χ0) is 14.8. The molecule has 0 saturated carbocycles. The first-order chi connectivity index (χ1) is 10.2. The van der Waals surface area contributed by atoms with E-state index in [4.69, 9.17) is 5.26 Å². The van der Waals surface area contributed by atoms with E-state index >= 15 is 0 Å². The molecule has 3 aromatic rings. The van der Waals surface area contributed by atoms with Crippen LogP contribution in [0.2, 0.25) is 0 Å². The van der Waals surface area contributed by atoms with Crippen molar-refractivity contribution in [3.8, 4) is 6.07 Å². The van der Waals surface area contributed by atoms with E-state index < -0.39 is 0 Å². The van der Waals surface area contributed by atoms with Gasteiger partial charge in [0.25, 0.3) is 5.91 Å². The number of anilines is 1. The maximum atomic E-state index is 12.3. The van der Waals surface area contributed by atoms with E-state index in [1.165, 1.54) is 0 Å². The number of fused-ring (bicyclic) bond motifs is 1. The van der Waals surface area contributed by atoms with Gasteiger partial charge < -0.3 is 10.3 Å². The largest absolute Gasteiger partial charge is 0.342 e. The van der Waals surface area contributed by atoms with E-state index in [9.17, 15) is 4.79 Å². The van der Waals surface area contributed by atoms with Gasteiger partial charge in [-0.1, -0.05) is 12.1 Å². The Labute approximate surface area is 121 Å². The Morgan fingerprint density at radius 1 is 1.29 bits per heavy atom. The maximum absolute atomic E-state index is 12.3. The van der Waals surface area contributed by atoms with Gasteiger partial charge >= 0.3 is 0 Å². The normalized spacial score (nSPS) is 10.3. The fraction of sp³-hybridized carbons (Fsp3) is 0.0625. The number of nitrogens with one attached hydrogen (secondary N) is 2. The number of aromatic amines is 1. The summed E-state index contributed by atoms with van der Waals surface area (Å²) in [4.78, 5) is 19.7. The third-order valence-corrected chi connectivity index (χ3v) is 3.16. The van der Waals surface area contributed by atoms with Gasteiger partial charge in [-0.3, -0.25) is 4.79 Å². The molecule has 1 amide bonds. The van der Waals surface area contributed by atoms with Crippen LogP contribution in [0.15, 0.2) is 42.5 Å². The second-order valence-corrected chi connectivity index (χ2v) is 4.67.